The highest BCUT2D eigenvalue weighted by Crippen LogP contribution is 2.34. The maximum atomic E-state index is 6.20. The van der Waals surface area contributed by atoms with Gasteiger partial charge in [-0.2, -0.15) is 0 Å². The molecule has 6 aromatic carbocycles. The molecule has 0 radical (unpaired) electrons. The first-order valence-electron chi connectivity index (χ1n) is 17.9. The van der Waals surface area contributed by atoms with E-state index in [0.717, 1.165) is 61.7 Å². The normalized spacial score (nSPS) is 14.0. The van der Waals surface area contributed by atoms with Crippen LogP contribution in [-0.2, 0) is 0 Å². The number of pyridine rings is 1. The Morgan fingerprint density at radius 1 is 0.453 bits per heavy atom. The molecular formula is C48H32N4O. The molecular weight excluding hydrogens is 649 g/mol. The van der Waals surface area contributed by atoms with Crippen molar-refractivity contribution in [3.63, 3.8) is 0 Å². The maximum absolute atomic E-state index is 6.20. The highest BCUT2D eigenvalue weighted by molar-refractivity contribution is 6.05. The first-order chi connectivity index (χ1) is 26.2. The van der Waals surface area contributed by atoms with Crippen molar-refractivity contribution in [2.24, 2.45) is 0 Å². The lowest BCUT2D eigenvalue weighted by molar-refractivity contribution is 0.669. The molecule has 1 unspecified atom stereocenters. The van der Waals surface area contributed by atoms with Crippen molar-refractivity contribution in [3.05, 3.63) is 182 Å². The second kappa shape index (κ2) is 13.0. The molecule has 250 valence electrons. The minimum atomic E-state index is 0.368. The second-order valence-electron chi connectivity index (χ2n) is 13.5. The van der Waals surface area contributed by atoms with Crippen LogP contribution in [0.5, 0.6) is 0 Å². The summed E-state index contributed by atoms with van der Waals surface area (Å²) < 4.78 is 6.20. The Labute approximate surface area is 306 Å². The number of para-hydroxylation sites is 1. The zero-order valence-electron chi connectivity index (χ0n) is 28.7. The fraction of sp³-hybridized carbons (Fsp3) is 0.0417. The van der Waals surface area contributed by atoms with Crippen LogP contribution in [0.1, 0.15) is 17.9 Å². The van der Waals surface area contributed by atoms with Crippen molar-refractivity contribution >= 4 is 32.7 Å². The summed E-state index contributed by atoms with van der Waals surface area (Å²) in [4.78, 5) is 19.8. The first kappa shape index (κ1) is 30.8. The molecule has 1 atom stereocenters. The van der Waals surface area contributed by atoms with Gasteiger partial charge in [0, 0.05) is 51.3 Å². The highest BCUT2D eigenvalue weighted by Gasteiger charge is 2.16. The number of nitrogens with zero attached hydrogens (tertiary/aromatic N) is 4. The lowest BCUT2D eigenvalue weighted by atomic mass is 9.92. The zero-order valence-corrected chi connectivity index (χ0v) is 28.7. The Morgan fingerprint density at radius 3 is 1.87 bits per heavy atom. The molecule has 0 saturated carbocycles. The Hall–Kier alpha value is -6.98. The van der Waals surface area contributed by atoms with Crippen molar-refractivity contribution in [1.29, 1.82) is 0 Å². The van der Waals surface area contributed by atoms with Gasteiger partial charge < -0.3 is 4.42 Å². The summed E-state index contributed by atoms with van der Waals surface area (Å²) in [5, 5.41) is 4.65. The number of benzene rings is 6. The topological polar surface area (TPSA) is 64.7 Å². The largest absolute Gasteiger partial charge is 0.456 e. The Morgan fingerprint density at radius 2 is 1.08 bits per heavy atom. The van der Waals surface area contributed by atoms with Crippen LogP contribution in [0.15, 0.2) is 181 Å². The van der Waals surface area contributed by atoms with E-state index >= 15 is 0 Å². The smallest absolute Gasteiger partial charge is 0.165 e. The number of fused-ring (bicyclic) bond motifs is 4. The molecule has 0 bridgehead atoms. The van der Waals surface area contributed by atoms with Gasteiger partial charge in [0.05, 0.1) is 0 Å². The third-order valence-electron chi connectivity index (χ3n) is 10.1. The van der Waals surface area contributed by atoms with Crippen LogP contribution < -0.4 is 0 Å². The zero-order chi connectivity index (χ0) is 35.1. The molecule has 3 heterocycles. The molecule has 1 aliphatic carbocycles. The van der Waals surface area contributed by atoms with Gasteiger partial charge in [-0.3, -0.25) is 4.98 Å². The average molecular weight is 681 g/mol. The van der Waals surface area contributed by atoms with Gasteiger partial charge in [0.25, 0.3) is 0 Å². The molecule has 0 spiro atoms. The SMILES string of the molecule is C1=CCC(c2ccc(-c3nc(-c4ccc(-c5ccc6ccccc6c5)cc4)nc(-c4cncc(-c5ccc6c(c5)oc5ccccc56)c4)n3)cc2)C=C1. The van der Waals surface area contributed by atoms with E-state index < -0.39 is 0 Å². The van der Waals surface area contributed by atoms with Crippen molar-refractivity contribution in [3.8, 4) is 56.4 Å². The highest BCUT2D eigenvalue weighted by atomic mass is 16.3. The third kappa shape index (κ3) is 5.88. The minimum absolute atomic E-state index is 0.368. The first-order valence-corrected chi connectivity index (χ1v) is 17.9. The predicted octanol–water partition coefficient (Wildman–Crippen LogP) is 12.3. The van der Waals surface area contributed by atoms with E-state index in [-0.39, 0.29) is 0 Å². The molecule has 5 heteroatoms. The average Bonchev–Trinajstić information content (AvgIpc) is 3.62. The van der Waals surface area contributed by atoms with Crippen LogP contribution in [0.25, 0.3) is 89.1 Å². The van der Waals surface area contributed by atoms with Gasteiger partial charge in [-0.05, 0) is 69.8 Å². The van der Waals surface area contributed by atoms with Gasteiger partial charge >= 0.3 is 0 Å². The maximum Gasteiger partial charge on any atom is 0.165 e. The second-order valence-corrected chi connectivity index (χ2v) is 13.5. The van der Waals surface area contributed by atoms with Crippen LogP contribution in [-0.4, -0.2) is 19.9 Å². The number of furan rings is 1. The van der Waals surface area contributed by atoms with Crippen LogP contribution in [0.3, 0.4) is 0 Å². The summed E-state index contributed by atoms with van der Waals surface area (Å²) in [5.41, 5.74) is 9.90. The Balaban J connectivity index is 1.04. The van der Waals surface area contributed by atoms with Crippen molar-refractivity contribution in [1.82, 2.24) is 19.9 Å². The molecule has 0 N–H and O–H groups in total. The van der Waals surface area contributed by atoms with Crippen LogP contribution in [0, 0.1) is 0 Å². The lowest BCUT2D eigenvalue weighted by Crippen LogP contribution is -2.01. The Bertz CT molecular complexity index is 2870. The fourth-order valence-electron chi connectivity index (χ4n) is 7.28. The quantitative estimate of drug-likeness (QED) is 0.175. The van der Waals surface area contributed by atoms with Crippen molar-refractivity contribution < 1.29 is 4.42 Å². The predicted molar refractivity (Wildman–Crippen MR) is 215 cm³/mol. The van der Waals surface area contributed by atoms with E-state index in [2.05, 4.69) is 151 Å². The van der Waals surface area contributed by atoms with Gasteiger partial charge in [-0.25, -0.2) is 15.0 Å². The summed E-state index contributed by atoms with van der Waals surface area (Å²) >= 11 is 0. The molecule has 0 aliphatic heterocycles. The molecule has 1 aliphatic rings. The fourth-order valence-corrected chi connectivity index (χ4v) is 7.28. The molecule has 0 saturated heterocycles. The third-order valence-corrected chi connectivity index (χ3v) is 10.1. The standard InChI is InChI=1S/C48H32N4O/c1-2-8-31(9-3-1)33-14-19-35(20-15-33)46-50-47(36-21-16-34(17-22-36)38-23-18-32-10-4-5-11-37(32)26-38)52-48(51-46)41-27-40(29-49-30-41)39-24-25-43-42-12-6-7-13-44(42)53-45(43)28-39/h1-8,10-31H,9H2. The molecule has 9 aromatic rings. The number of hydrogen-bond donors (Lipinski definition) is 0. The molecule has 3 aromatic heterocycles. The molecule has 5 nitrogen and oxygen atoms in total. The van der Waals surface area contributed by atoms with Crippen molar-refractivity contribution in [2.45, 2.75) is 12.3 Å². The summed E-state index contributed by atoms with van der Waals surface area (Å²) in [6.07, 6.45) is 13.4. The molecule has 10 rings (SSSR count). The Kier molecular flexibility index (Phi) is 7.54. The summed E-state index contributed by atoms with van der Waals surface area (Å²) in [7, 11) is 0. The molecule has 53 heavy (non-hydrogen) atoms. The van der Waals surface area contributed by atoms with Crippen LogP contribution in [0.4, 0.5) is 0 Å². The summed E-state index contributed by atoms with van der Waals surface area (Å²) in [5.74, 6) is 2.15. The van der Waals surface area contributed by atoms with E-state index in [9.17, 15) is 0 Å². The number of aromatic nitrogens is 4. The van der Waals surface area contributed by atoms with E-state index in [0.29, 0.717) is 23.4 Å². The van der Waals surface area contributed by atoms with Gasteiger partial charge in [0.1, 0.15) is 11.2 Å². The van der Waals surface area contributed by atoms with Gasteiger partial charge in [0.15, 0.2) is 17.5 Å². The monoisotopic (exact) mass is 680 g/mol. The lowest BCUT2D eigenvalue weighted by Gasteiger charge is -2.14. The van der Waals surface area contributed by atoms with Crippen LogP contribution >= 0.6 is 0 Å². The van der Waals surface area contributed by atoms with E-state index in [1.807, 2.05) is 30.6 Å². The molecule has 0 fully saturated rings. The summed E-state index contributed by atoms with van der Waals surface area (Å²) in [6.45, 7) is 0. The summed E-state index contributed by atoms with van der Waals surface area (Å²) in [6, 6.07) is 48.6. The molecule has 0 amide bonds. The van der Waals surface area contributed by atoms with Gasteiger partial charge in [-0.1, -0.05) is 133 Å². The number of rotatable bonds is 6. The van der Waals surface area contributed by atoms with Gasteiger partial charge in [0.2, 0.25) is 0 Å². The van der Waals surface area contributed by atoms with Crippen LogP contribution in [0.2, 0.25) is 0 Å². The van der Waals surface area contributed by atoms with E-state index in [1.165, 1.54) is 21.9 Å². The number of allylic oxidation sites excluding steroid dienone is 4. The van der Waals surface area contributed by atoms with E-state index in [1.54, 1.807) is 0 Å². The minimum Gasteiger partial charge on any atom is -0.456 e. The van der Waals surface area contributed by atoms with Gasteiger partial charge in [-0.15, -0.1) is 0 Å². The number of hydrogen-bond acceptors (Lipinski definition) is 5. The van der Waals surface area contributed by atoms with E-state index in [4.69, 9.17) is 19.4 Å². The van der Waals surface area contributed by atoms with Crippen molar-refractivity contribution in [2.75, 3.05) is 0 Å².